The van der Waals surface area contributed by atoms with Crippen molar-refractivity contribution >= 4 is 17.7 Å². The van der Waals surface area contributed by atoms with Crippen molar-refractivity contribution in [3.8, 4) is 0 Å². The summed E-state index contributed by atoms with van der Waals surface area (Å²) in [5.41, 5.74) is 1.70. The Morgan fingerprint density at radius 2 is 2.26 bits per heavy atom. The van der Waals surface area contributed by atoms with Crippen LogP contribution in [-0.4, -0.2) is 34.2 Å². The van der Waals surface area contributed by atoms with Crippen molar-refractivity contribution in [3.05, 3.63) is 35.4 Å². The summed E-state index contributed by atoms with van der Waals surface area (Å²) in [6.45, 7) is 0. The number of fused-ring (bicyclic) bond motifs is 3. The average Bonchev–Trinajstić information content (AvgIpc) is 2.81. The van der Waals surface area contributed by atoms with Gasteiger partial charge in [0.2, 0.25) is 0 Å². The second-order valence-corrected chi connectivity index (χ2v) is 7.03. The maximum Gasteiger partial charge on any atom is 0.253 e. The highest BCUT2D eigenvalue weighted by Gasteiger charge is 2.57. The first kappa shape index (κ1) is 11.8. The Hall–Kier alpha value is -1.00. The van der Waals surface area contributed by atoms with Crippen LogP contribution in [0, 0.1) is 5.92 Å². The van der Waals surface area contributed by atoms with Crippen LogP contribution >= 0.6 is 11.8 Å². The van der Waals surface area contributed by atoms with Crippen LogP contribution in [0.1, 0.15) is 23.5 Å². The molecule has 2 N–H and O–H groups in total. The number of carbonyl (C=O) groups is 1. The van der Waals surface area contributed by atoms with Crippen LogP contribution in [0.3, 0.4) is 0 Å². The van der Waals surface area contributed by atoms with Crippen molar-refractivity contribution in [3.63, 3.8) is 0 Å². The Labute approximate surface area is 116 Å². The van der Waals surface area contributed by atoms with Gasteiger partial charge in [0, 0.05) is 17.7 Å². The van der Waals surface area contributed by atoms with Gasteiger partial charge in [-0.15, -0.1) is 0 Å². The lowest BCUT2D eigenvalue weighted by Gasteiger charge is -2.21. The lowest BCUT2D eigenvalue weighted by atomic mass is 10.0. The Balaban J connectivity index is 1.46. The molecule has 0 bridgehead atoms. The summed E-state index contributed by atoms with van der Waals surface area (Å²) in [5.74, 6) is 2.30. The van der Waals surface area contributed by atoms with Crippen LogP contribution in [0.5, 0.6) is 0 Å². The van der Waals surface area contributed by atoms with E-state index in [4.69, 9.17) is 0 Å². The molecule has 0 radical (unpaired) electrons. The largest absolute Gasteiger partial charge is 0.379 e. The molecule has 1 saturated carbocycles. The molecule has 1 aromatic carbocycles. The smallest absolute Gasteiger partial charge is 0.253 e. The van der Waals surface area contributed by atoms with Crippen molar-refractivity contribution in [1.29, 1.82) is 0 Å². The molecule has 19 heavy (non-hydrogen) atoms. The van der Waals surface area contributed by atoms with E-state index in [9.17, 15) is 9.90 Å². The number of hydrogen-bond acceptors (Lipinski definition) is 3. The van der Waals surface area contributed by atoms with Crippen molar-refractivity contribution < 1.29 is 9.90 Å². The number of aliphatic hydroxyl groups is 1. The first-order valence-electron chi connectivity index (χ1n) is 6.88. The maximum absolute atomic E-state index is 12.2. The Morgan fingerprint density at radius 1 is 1.42 bits per heavy atom. The van der Waals surface area contributed by atoms with Gasteiger partial charge in [-0.05, 0) is 35.6 Å². The summed E-state index contributed by atoms with van der Waals surface area (Å²) in [6, 6.07) is 8.75. The van der Waals surface area contributed by atoms with Crippen LogP contribution in [-0.2, 0) is 11.2 Å². The van der Waals surface area contributed by atoms with Gasteiger partial charge in [0.1, 0.15) is 0 Å². The van der Waals surface area contributed by atoms with E-state index in [0.717, 1.165) is 12.2 Å². The van der Waals surface area contributed by atoms with Crippen LogP contribution < -0.4 is 5.32 Å². The van der Waals surface area contributed by atoms with Gasteiger partial charge in [-0.1, -0.05) is 24.3 Å². The van der Waals surface area contributed by atoms with Gasteiger partial charge < -0.3 is 10.4 Å². The highest BCUT2D eigenvalue weighted by Crippen LogP contribution is 2.56. The summed E-state index contributed by atoms with van der Waals surface area (Å²) in [4.78, 5) is 12.2. The minimum atomic E-state index is -1.12. The Kier molecular flexibility index (Phi) is 2.48. The van der Waals surface area contributed by atoms with Gasteiger partial charge in [0.05, 0.1) is 0 Å². The summed E-state index contributed by atoms with van der Waals surface area (Å²) in [6.07, 6.45) is 1.65. The normalized spacial score (nSPS) is 38.7. The average molecular weight is 275 g/mol. The topological polar surface area (TPSA) is 49.3 Å². The number of benzene rings is 1. The van der Waals surface area contributed by atoms with Crippen LogP contribution in [0.15, 0.2) is 24.3 Å². The van der Waals surface area contributed by atoms with E-state index in [1.165, 1.54) is 11.1 Å². The first-order valence-corrected chi connectivity index (χ1v) is 8.03. The molecule has 2 aliphatic carbocycles. The standard InChI is InChI=1S/C15H17NO2S/c17-14(15(18)5-6-19-8-15)16-13-11-7-9-3-1-2-4-10(9)12(11)13/h1-4,11-13,18H,5-8H2,(H,16,17). The number of rotatable bonds is 2. The quantitative estimate of drug-likeness (QED) is 0.855. The number of nitrogens with one attached hydrogen (secondary N) is 1. The van der Waals surface area contributed by atoms with Gasteiger partial charge in [-0.2, -0.15) is 11.8 Å². The maximum atomic E-state index is 12.2. The fraction of sp³-hybridized carbons (Fsp3) is 0.533. The third-order valence-corrected chi connectivity index (χ3v) is 5.93. The van der Waals surface area contributed by atoms with E-state index in [-0.39, 0.29) is 11.9 Å². The highest BCUT2D eigenvalue weighted by atomic mass is 32.2. The van der Waals surface area contributed by atoms with E-state index >= 15 is 0 Å². The highest BCUT2D eigenvalue weighted by molar-refractivity contribution is 7.99. The molecule has 4 unspecified atom stereocenters. The van der Waals surface area contributed by atoms with Gasteiger partial charge >= 0.3 is 0 Å². The van der Waals surface area contributed by atoms with Crippen molar-refractivity contribution in [2.75, 3.05) is 11.5 Å². The Morgan fingerprint density at radius 3 is 3.05 bits per heavy atom. The van der Waals surface area contributed by atoms with Gasteiger partial charge in [-0.25, -0.2) is 0 Å². The molecule has 3 nitrogen and oxygen atoms in total. The van der Waals surface area contributed by atoms with Crippen LogP contribution in [0.2, 0.25) is 0 Å². The molecule has 3 aliphatic rings. The monoisotopic (exact) mass is 275 g/mol. The molecule has 4 heteroatoms. The molecule has 100 valence electrons. The molecule has 1 aliphatic heterocycles. The fourth-order valence-corrected chi connectivity index (χ4v) is 4.81. The summed E-state index contributed by atoms with van der Waals surface area (Å²) >= 11 is 1.66. The number of amides is 1. The second-order valence-electron chi connectivity index (χ2n) is 5.93. The lowest BCUT2D eigenvalue weighted by molar-refractivity contribution is -0.137. The molecule has 0 aromatic heterocycles. The fourth-order valence-electron chi connectivity index (χ4n) is 3.57. The minimum absolute atomic E-state index is 0.158. The molecule has 2 fully saturated rings. The third-order valence-electron chi connectivity index (χ3n) is 4.76. The predicted octanol–water partition coefficient (Wildman–Crippen LogP) is 1.31. The Bertz CT molecular complexity index is 539. The van der Waals surface area contributed by atoms with Gasteiger partial charge in [0.15, 0.2) is 5.60 Å². The van der Waals surface area contributed by atoms with Gasteiger partial charge in [0.25, 0.3) is 5.91 Å². The molecule has 1 amide bonds. The van der Waals surface area contributed by atoms with E-state index < -0.39 is 5.60 Å². The summed E-state index contributed by atoms with van der Waals surface area (Å²) in [7, 11) is 0. The predicted molar refractivity (Wildman–Crippen MR) is 75.2 cm³/mol. The van der Waals surface area contributed by atoms with E-state index in [0.29, 0.717) is 24.0 Å². The van der Waals surface area contributed by atoms with Crippen molar-refractivity contribution in [1.82, 2.24) is 5.32 Å². The summed E-state index contributed by atoms with van der Waals surface area (Å²) < 4.78 is 0. The number of carbonyl (C=O) groups excluding carboxylic acids is 1. The van der Waals surface area contributed by atoms with Crippen molar-refractivity contribution in [2.45, 2.75) is 30.4 Å². The third kappa shape index (κ3) is 1.73. The molecule has 1 heterocycles. The summed E-state index contributed by atoms with van der Waals surface area (Å²) in [5, 5.41) is 13.3. The van der Waals surface area contributed by atoms with Crippen LogP contribution in [0.4, 0.5) is 0 Å². The molecule has 0 spiro atoms. The van der Waals surface area contributed by atoms with E-state index in [2.05, 4.69) is 29.6 Å². The zero-order valence-electron chi connectivity index (χ0n) is 10.6. The number of thioether (sulfide) groups is 1. The molecule has 4 atom stereocenters. The number of hydrogen-bond donors (Lipinski definition) is 2. The second kappa shape index (κ2) is 4.00. The molecular formula is C15H17NO2S. The lowest BCUT2D eigenvalue weighted by Crippen LogP contribution is -2.48. The van der Waals surface area contributed by atoms with Gasteiger partial charge in [-0.3, -0.25) is 4.79 Å². The van der Waals surface area contributed by atoms with E-state index in [1.54, 1.807) is 11.8 Å². The molecular weight excluding hydrogens is 258 g/mol. The SMILES string of the molecule is O=C(NC1C2Cc3ccccc3C21)C1(O)CCSC1. The first-order chi connectivity index (χ1) is 9.19. The van der Waals surface area contributed by atoms with E-state index in [1.807, 2.05) is 0 Å². The van der Waals surface area contributed by atoms with Crippen LogP contribution in [0.25, 0.3) is 0 Å². The van der Waals surface area contributed by atoms with Crippen molar-refractivity contribution in [2.24, 2.45) is 5.92 Å². The molecule has 1 saturated heterocycles. The molecule has 4 rings (SSSR count). The zero-order chi connectivity index (χ0) is 13.0. The minimum Gasteiger partial charge on any atom is -0.379 e. The zero-order valence-corrected chi connectivity index (χ0v) is 11.5. The molecule has 1 aromatic rings.